The van der Waals surface area contributed by atoms with Gasteiger partial charge in [0, 0.05) is 17.3 Å². The van der Waals surface area contributed by atoms with E-state index in [1.54, 1.807) is 6.26 Å². The van der Waals surface area contributed by atoms with Crippen molar-refractivity contribution in [1.82, 2.24) is 4.98 Å². The second kappa shape index (κ2) is 4.07. The SMILES string of the molecule is CS(=O)c1sc2nc3c(cc2c1N)CCCC3. The number of rotatable bonds is 1. The molecule has 0 aromatic carbocycles. The summed E-state index contributed by atoms with van der Waals surface area (Å²) in [5.41, 5.74) is 9.24. The molecule has 3 rings (SSSR count). The van der Waals surface area contributed by atoms with Gasteiger partial charge in [-0.05, 0) is 37.3 Å². The van der Waals surface area contributed by atoms with Crippen LogP contribution in [-0.2, 0) is 23.6 Å². The average Bonchev–Trinajstić information content (AvgIpc) is 2.64. The van der Waals surface area contributed by atoms with Crippen LogP contribution in [0.1, 0.15) is 24.1 Å². The Morgan fingerprint density at radius 1 is 1.41 bits per heavy atom. The van der Waals surface area contributed by atoms with Crippen molar-refractivity contribution in [3.8, 4) is 0 Å². The number of nitrogen functional groups attached to an aromatic ring is 1. The molecule has 0 saturated carbocycles. The first-order valence-electron chi connectivity index (χ1n) is 5.71. The van der Waals surface area contributed by atoms with Crippen LogP contribution in [0.25, 0.3) is 10.2 Å². The number of fused-ring (bicyclic) bond motifs is 2. The molecule has 5 heteroatoms. The lowest BCUT2D eigenvalue weighted by Gasteiger charge is -2.14. The van der Waals surface area contributed by atoms with Gasteiger partial charge in [-0.25, -0.2) is 4.98 Å². The zero-order chi connectivity index (χ0) is 12.0. The van der Waals surface area contributed by atoms with E-state index >= 15 is 0 Å². The van der Waals surface area contributed by atoms with Crippen LogP contribution in [0.4, 0.5) is 5.69 Å². The zero-order valence-corrected chi connectivity index (χ0v) is 11.3. The molecule has 2 aromatic heterocycles. The maximum Gasteiger partial charge on any atom is 0.126 e. The van der Waals surface area contributed by atoms with Crippen molar-refractivity contribution in [3.05, 3.63) is 17.3 Å². The second-order valence-corrected chi connectivity index (χ2v) is 6.99. The van der Waals surface area contributed by atoms with Gasteiger partial charge in [0.25, 0.3) is 0 Å². The summed E-state index contributed by atoms with van der Waals surface area (Å²) < 4.78 is 12.3. The third kappa shape index (κ3) is 1.77. The van der Waals surface area contributed by atoms with E-state index in [4.69, 9.17) is 5.73 Å². The molecule has 1 aliphatic carbocycles. The largest absolute Gasteiger partial charge is 0.397 e. The molecule has 1 atom stereocenters. The number of anilines is 1. The van der Waals surface area contributed by atoms with Gasteiger partial charge in [-0.2, -0.15) is 0 Å². The number of hydrogen-bond acceptors (Lipinski definition) is 4. The number of hydrogen-bond donors (Lipinski definition) is 1. The quantitative estimate of drug-likeness (QED) is 0.862. The molecule has 0 fully saturated rings. The lowest BCUT2D eigenvalue weighted by atomic mass is 9.95. The number of aryl methyl sites for hydroxylation is 2. The molecule has 3 nitrogen and oxygen atoms in total. The van der Waals surface area contributed by atoms with E-state index in [1.165, 1.54) is 35.4 Å². The highest BCUT2D eigenvalue weighted by molar-refractivity contribution is 7.87. The average molecular weight is 266 g/mol. The number of pyridine rings is 1. The first-order chi connectivity index (χ1) is 8.16. The normalized spacial score (nSPS) is 17.0. The van der Waals surface area contributed by atoms with Gasteiger partial charge >= 0.3 is 0 Å². The Bertz CT molecular complexity index is 618. The van der Waals surface area contributed by atoms with Gasteiger partial charge in [0.2, 0.25) is 0 Å². The smallest absolute Gasteiger partial charge is 0.126 e. The molecule has 0 spiro atoms. The monoisotopic (exact) mass is 266 g/mol. The maximum absolute atomic E-state index is 11.6. The van der Waals surface area contributed by atoms with Gasteiger partial charge in [-0.1, -0.05) is 0 Å². The van der Waals surface area contributed by atoms with Gasteiger partial charge < -0.3 is 5.73 Å². The topological polar surface area (TPSA) is 56.0 Å². The minimum atomic E-state index is -1.02. The standard InChI is InChI=1S/C12H14N2OS2/c1-17(15)12-10(13)8-6-7-4-2-3-5-9(7)14-11(8)16-12/h6H,2-5,13H2,1H3. The number of nitrogens with zero attached hydrogens (tertiary/aromatic N) is 1. The Labute approximate surface area is 107 Å². The van der Waals surface area contributed by atoms with Crippen LogP contribution >= 0.6 is 11.3 Å². The Kier molecular flexibility index (Phi) is 2.67. The van der Waals surface area contributed by atoms with E-state index in [9.17, 15) is 4.21 Å². The fraction of sp³-hybridized carbons (Fsp3) is 0.417. The lowest BCUT2D eigenvalue weighted by Crippen LogP contribution is -2.04. The molecule has 90 valence electrons. The summed E-state index contributed by atoms with van der Waals surface area (Å²) in [4.78, 5) is 5.62. The Morgan fingerprint density at radius 3 is 2.94 bits per heavy atom. The molecule has 2 N–H and O–H groups in total. The van der Waals surface area contributed by atoms with Crippen molar-refractivity contribution >= 4 is 38.0 Å². The van der Waals surface area contributed by atoms with Crippen molar-refractivity contribution in [2.45, 2.75) is 29.9 Å². The molecule has 2 heterocycles. The van der Waals surface area contributed by atoms with E-state index in [-0.39, 0.29) is 0 Å². The summed E-state index contributed by atoms with van der Waals surface area (Å²) in [6.07, 6.45) is 6.28. The van der Waals surface area contributed by atoms with Crippen LogP contribution in [0.2, 0.25) is 0 Å². The van der Waals surface area contributed by atoms with Gasteiger partial charge in [0.15, 0.2) is 0 Å². The van der Waals surface area contributed by atoms with Crippen LogP contribution in [0.3, 0.4) is 0 Å². The molecule has 1 unspecified atom stereocenters. The molecule has 0 bridgehead atoms. The molecular weight excluding hydrogens is 252 g/mol. The van der Waals surface area contributed by atoms with Gasteiger partial charge in [-0.3, -0.25) is 4.21 Å². The summed E-state index contributed by atoms with van der Waals surface area (Å²) >= 11 is 1.47. The van der Waals surface area contributed by atoms with Crippen molar-refractivity contribution in [2.75, 3.05) is 12.0 Å². The molecule has 0 aliphatic heterocycles. The van der Waals surface area contributed by atoms with Gasteiger partial charge in [0.1, 0.15) is 9.04 Å². The third-order valence-electron chi connectivity index (χ3n) is 3.23. The summed E-state index contributed by atoms with van der Waals surface area (Å²) in [6, 6.07) is 2.15. The Balaban J connectivity index is 2.27. The van der Waals surface area contributed by atoms with Crippen LogP contribution in [0.15, 0.2) is 10.3 Å². The van der Waals surface area contributed by atoms with Crippen LogP contribution in [-0.4, -0.2) is 15.4 Å². The molecule has 0 radical (unpaired) electrons. The zero-order valence-electron chi connectivity index (χ0n) is 9.66. The number of thiophene rings is 1. The second-order valence-electron chi connectivity index (χ2n) is 4.41. The first-order valence-corrected chi connectivity index (χ1v) is 8.08. The molecule has 0 saturated heterocycles. The predicted octanol–water partition coefficient (Wildman–Crippen LogP) is 2.49. The van der Waals surface area contributed by atoms with Crippen molar-refractivity contribution in [3.63, 3.8) is 0 Å². The summed E-state index contributed by atoms with van der Waals surface area (Å²) in [5.74, 6) is 0. The first kappa shape index (κ1) is 11.2. The van der Waals surface area contributed by atoms with E-state index in [0.717, 1.165) is 27.3 Å². The van der Waals surface area contributed by atoms with Crippen LogP contribution in [0, 0.1) is 0 Å². The predicted molar refractivity (Wildman–Crippen MR) is 73.0 cm³/mol. The van der Waals surface area contributed by atoms with E-state index in [0.29, 0.717) is 5.69 Å². The minimum Gasteiger partial charge on any atom is -0.397 e. The summed E-state index contributed by atoms with van der Waals surface area (Å²) in [7, 11) is -1.02. The number of aromatic nitrogens is 1. The summed E-state index contributed by atoms with van der Waals surface area (Å²) in [5, 5.41) is 0.987. The van der Waals surface area contributed by atoms with Crippen LogP contribution < -0.4 is 5.73 Å². The highest BCUT2D eigenvalue weighted by Crippen LogP contribution is 2.36. The molecule has 2 aromatic rings. The molecule has 0 amide bonds. The Morgan fingerprint density at radius 2 is 2.18 bits per heavy atom. The maximum atomic E-state index is 11.6. The fourth-order valence-electron chi connectivity index (χ4n) is 2.35. The minimum absolute atomic E-state index is 0.659. The van der Waals surface area contributed by atoms with Gasteiger partial charge in [-0.15, -0.1) is 11.3 Å². The molecular formula is C12H14N2OS2. The number of nitrogens with two attached hydrogens (primary N) is 1. The highest BCUT2D eigenvalue weighted by atomic mass is 32.2. The van der Waals surface area contributed by atoms with E-state index in [1.807, 2.05) is 0 Å². The highest BCUT2D eigenvalue weighted by Gasteiger charge is 2.17. The van der Waals surface area contributed by atoms with E-state index < -0.39 is 10.8 Å². The third-order valence-corrected chi connectivity index (χ3v) is 5.83. The Hall–Kier alpha value is -0.940. The van der Waals surface area contributed by atoms with Crippen LogP contribution in [0.5, 0.6) is 0 Å². The van der Waals surface area contributed by atoms with Crippen molar-refractivity contribution in [2.24, 2.45) is 0 Å². The van der Waals surface area contributed by atoms with Crippen molar-refractivity contribution in [1.29, 1.82) is 0 Å². The fourth-order valence-corrected chi connectivity index (χ4v) is 4.31. The molecule has 1 aliphatic rings. The van der Waals surface area contributed by atoms with Crippen molar-refractivity contribution < 1.29 is 4.21 Å². The van der Waals surface area contributed by atoms with Gasteiger partial charge in [0.05, 0.1) is 16.5 Å². The summed E-state index contributed by atoms with van der Waals surface area (Å²) in [6.45, 7) is 0. The lowest BCUT2D eigenvalue weighted by molar-refractivity contribution is 0.672. The van der Waals surface area contributed by atoms with E-state index in [2.05, 4.69) is 11.1 Å². The molecule has 17 heavy (non-hydrogen) atoms.